The van der Waals surface area contributed by atoms with Crippen molar-refractivity contribution < 1.29 is 18.0 Å². The van der Waals surface area contributed by atoms with Crippen molar-refractivity contribution in [3.63, 3.8) is 0 Å². The van der Waals surface area contributed by atoms with E-state index in [1.54, 1.807) is 34.1 Å². The predicted octanol–water partition coefficient (Wildman–Crippen LogP) is 2.81. The fraction of sp³-hybridized carbons (Fsp3) is 0.200. The second-order valence-electron chi connectivity index (χ2n) is 8.09. The molecule has 3 N–H and O–H groups in total. The molecule has 3 aromatic rings. The van der Waals surface area contributed by atoms with E-state index in [2.05, 4.69) is 5.43 Å². The van der Waals surface area contributed by atoms with Gasteiger partial charge in [-0.15, -0.1) is 0 Å². The second kappa shape index (κ2) is 10.1. The van der Waals surface area contributed by atoms with Crippen LogP contribution in [-0.4, -0.2) is 49.9 Å². The number of anilines is 1. The van der Waals surface area contributed by atoms with Crippen molar-refractivity contribution in [2.75, 3.05) is 29.5 Å². The van der Waals surface area contributed by atoms with Gasteiger partial charge in [0, 0.05) is 24.3 Å². The first kappa shape index (κ1) is 23.5. The largest absolute Gasteiger partial charge is 0.324 e. The normalized spacial score (nSPS) is 14.9. The van der Waals surface area contributed by atoms with Crippen LogP contribution in [-0.2, 0) is 16.4 Å². The third-order valence-electron chi connectivity index (χ3n) is 5.80. The summed E-state index contributed by atoms with van der Waals surface area (Å²) in [5.74, 6) is 4.72. The molecule has 8 nitrogen and oxygen atoms in total. The van der Waals surface area contributed by atoms with Gasteiger partial charge in [0.05, 0.1) is 18.1 Å². The molecule has 1 heterocycles. The molecule has 9 heteroatoms. The van der Waals surface area contributed by atoms with E-state index >= 15 is 0 Å². The fourth-order valence-electron chi connectivity index (χ4n) is 3.86. The van der Waals surface area contributed by atoms with Crippen LogP contribution in [0.3, 0.4) is 0 Å². The van der Waals surface area contributed by atoms with Gasteiger partial charge in [0.1, 0.15) is 0 Å². The molecule has 0 atom stereocenters. The van der Waals surface area contributed by atoms with Crippen LogP contribution in [0.2, 0.25) is 0 Å². The van der Waals surface area contributed by atoms with E-state index in [9.17, 15) is 18.0 Å². The Hall–Kier alpha value is -3.69. The summed E-state index contributed by atoms with van der Waals surface area (Å²) in [6, 6.07) is 24.1. The van der Waals surface area contributed by atoms with Gasteiger partial charge in [-0.2, -0.15) is 0 Å². The number of carbonyl (C=O) groups excluding carboxylic acids is 2. The number of amides is 3. The maximum absolute atomic E-state index is 13.6. The number of nitrogens with one attached hydrogen (secondary N) is 1. The van der Waals surface area contributed by atoms with Crippen molar-refractivity contribution in [3.05, 3.63) is 90.0 Å². The summed E-state index contributed by atoms with van der Waals surface area (Å²) in [7, 11) is -3.12. The average Bonchev–Trinajstić information content (AvgIpc) is 2.87. The molecule has 0 aliphatic carbocycles. The SMILES string of the molecule is NNC(=O)c1ccc(CN(C(=O)N2CCS(=O)(=O)CC2)c2cccc(-c3ccccc3)c2)cc1. The number of nitrogen functional groups attached to an aromatic ring is 1. The lowest BCUT2D eigenvalue weighted by molar-refractivity contribution is 0.0953. The molecule has 34 heavy (non-hydrogen) atoms. The third-order valence-corrected chi connectivity index (χ3v) is 7.41. The Bertz CT molecular complexity index is 1260. The van der Waals surface area contributed by atoms with Crippen LogP contribution in [0.25, 0.3) is 11.1 Å². The first-order chi connectivity index (χ1) is 16.4. The number of nitrogens with two attached hydrogens (primary N) is 1. The first-order valence-corrected chi connectivity index (χ1v) is 12.7. The zero-order valence-electron chi connectivity index (χ0n) is 18.6. The second-order valence-corrected chi connectivity index (χ2v) is 10.4. The zero-order valence-corrected chi connectivity index (χ0v) is 19.4. The summed E-state index contributed by atoms with van der Waals surface area (Å²) < 4.78 is 23.7. The maximum Gasteiger partial charge on any atom is 0.324 e. The standard InChI is InChI=1S/C25H26N4O4S/c26-27-24(30)21-11-9-19(10-12-21)18-29(25(31)28-13-15-34(32,33)16-14-28)23-8-4-7-22(17-23)20-5-2-1-3-6-20/h1-12,17H,13-16,18,26H2,(H,27,30). The van der Waals surface area contributed by atoms with Crippen LogP contribution in [0.15, 0.2) is 78.9 Å². The molecule has 176 valence electrons. The number of carbonyl (C=O) groups is 2. The topological polar surface area (TPSA) is 113 Å². The predicted molar refractivity (Wildman–Crippen MR) is 132 cm³/mol. The van der Waals surface area contributed by atoms with Gasteiger partial charge in [0.15, 0.2) is 9.84 Å². The summed E-state index contributed by atoms with van der Waals surface area (Å²) >= 11 is 0. The molecule has 3 aromatic carbocycles. The van der Waals surface area contributed by atoms with Crippen molar-refractivity contribution in [2.24, 2.45) is 5.84 Å². The van der Waals surface area contributed by atoms with E-state index in [-0.39, 0.29) is 37.2 Å². The van der Waals surface area contributed by atoms with E-state index in [4.69, 9.17) is 5.84 Å². The van der Waals surface area contributed by atoms with E-state index in [0.29, 0.717) is 11.3 Å². The summed E-state index contributed by atoms with van der Waals surface area (Å²) in [4.78, 5) is 28.5. The number of sulfone groups is 1. The zero-order chi connectivity index (χ0) is 24.1. The van der Waals surface area contributed by atoms with Crippen LogP contribution in [0.1, 0.15) is 15.9 Å². The quantitative estimate of drug-likeness (QED) is 0.333. The van der Waals surface area contributed by atoms with Crippen LogP contribution in [0.4, 0.5) is 10.5 Å². The summed E-state index contributed by atoms with van der Waals surface area (Å²) in [6.45, 7) is 0.572. The van der Waals surface area contributed by atoms with Gasteiger partial charge < -0.3 is 4.90 Å². The lowest BCUT2D eigenvalue weighted by atomic mass is 10.0. The third kappa shape index (κ3) is 5.44. The number of urea groups is 1. The maximum atomic E-state index is 13.6. The van der Waals surface area contributed by atoms with Crippen molar-refractivity contribution in [2.45, 2.75) is 6.54 Å². The van der Waals surface area contributed by atoms with Crippen LogP contribution < -0.4 is 16.2 Å². The minimum Gasteiger partial charge on any atom is -0.322 e. The molecule has 3 amide bonds. The van der Waals surface area contributed by atoms with E-state index < -0.39 is 15.7 Å². The van der Waals surface area contributed by atoms with Gasteiger partial charge in [0.2, 0.25) is 0 Å². The molecule has 1 fully saturated rings. The van der Waals surface area contributed by atoms with E-state index in [1.807, 2.05) is 54.6 Å². The first-order valence-electron chi connectivity index (χ1n) is 10.9. The monoisotopic (exact) mass is 478 g/mol. The number of hydrogen-bond donors (Lipinski definition) is 2. The summed E-state index contributed by atoms with van der Waals surface area (Å²) in [5, 5.41) is 0. The number of benzene rings is 3. The van der Waals surface area contributed by atoms with Gasteiger partial charge in [0.25, 0.3) is 5.91 Å². The highest BCUT2D eigenvalue weighted by atomic mass is 32.2. The average molecular weight is 479 g/mol. The highest BCUT2D eigenvalue weighted by Crippen LogP contribution is 2.27. The van der Waals surface area contributed by atoms with Gasteiger partial charge in [-0.25, -0.2) is 19.1 Å². The van der Waals surface area contributed by atoms with Gasteiger partial charge in [-0.3, -0.25) is 15.1 Å². The van der Waals surface area contributed by atoms with Gasteiger partial charge >= 0.3 is 6.03 Å². The van der Waals surface area contributed by atoms with Crippen LogP contribution in [0, 0.1) is 0 Å². The lowest BCUT2D eigenvalue weighted by Gasteiger charge is -2.33. The Kier molecular flexibility index (Phi) is 6.95. The minimum atomic E-state index is -3.12. The molecule has 0 bridgehead atoms. The number of nitrogens with zero attached hydrogens (tertiary/aromatic N) is 2. The highest BCUT2D eigenvalue weighted by Gasteiger charge is 2.29. The molecule has 0 radical (unpaired) electrons. The summed E-state index contributed by atoms with van der Waals surface area (Å²) in [5.41, 5.74) is 6.02. The molecule has 1 aliphatic rings. The fourth-order valence-corrected chi connectivity index (χ4v) is 5.06. The Balaban J connectivity index is 1.65. The van der Waals surface area contributed by atoms with Crippen molar-refractivity contribution >= 4 is 27.5 Å². The van der Waals surface area contributed by atoms with Crippen molar-refractivity contribution in [3.8, 4) is 11.1 Å². The molecule has 0 saturated carbocycles. The number of hydrogen-bond acceptors (Lipinski definition) is 5. The molecular weight excluding hydrogens is 452 g/mol. The summed E-state index contributed by atoms with van der Waals surface area (Å²) in [6.07, 6.45) is 0. The molecule has 0 aromatic heterocycles. The smallest absolute Gasteiger partial charge is 0.322 e. The molecule has 0 spiro atoms. The Labute approximate surface area is 198 Å². The number of rotatable bonds is 5. The van der Waals surface area contributed by atoms with Crippen molar-refractivity contribution in [1.29, 1.82) is 0 Å². The minimum absolute atomic E-state index is 0.0421. The lowest BCUT2D eigenvalue weighted by Crippen LogP contribution is -2.49. The van der Waals surface area contributed by atoms with E-state index in [0.717, 1.165) is 16.7 Å². The Morgan fingerprint density at radius 1 is 0.882 bits per heavy atom. The highest BCUT2D eigenvalue weighted by molar-refractivity contribution is 7.91. The van der Waals surface area contributed by atoms with E-state index in [1.165, 1.54) is 0 Å². The van der Waals surface area contributed by atoms with Crippen LogP contribution >= 0.6 is 0 Å². The van der Waals surface area contributed by atoms with Crippen molar-refractivity contribution in [1.82, 2.24) is 10.3 Å². The van der Waals surface area contributed by atoms with Gasteiger partial charge in [-0.05, 0) is 41.0 Å². The number of hydrazine groups is 1. The molecule has 4 rings (SSSR count). The molecular formula is C25H26N4O4S. The Morgan fingerprint density at radius 2 is 1.53 bits per heavy atom. The Morgan fingerprint density at radius 3 is 2.18 bits per heavy atom. The van der Waals surface area contributed by atoms with Crippen LogP contribution in [0.5, 0.6) is 0 Å². The molecule has 1 saturated heterocycles. The van der Waals surface area contributed by atoms with Gasteiger partial charge in [-0.1, -0.05) is 54.6 Å². The molecule has 1 aliphatic heterocycles. The molecule has 0 unspecified atom stereocenters.